The van der Waals surface area contributed by atoms with Crippen molar-refractivity contribution in [3.63, 3.8) is 0 Å². The van der Waals surface area contributed by atoms with Gasteiger partial charge in [-0.15, -0.1) is 0 Å². The Balaban J connectivity index is 1.61. The van der Waals surface area contributed by atoms with E-state index < -0.39 is 23.7 Å². The monoisotopic (exact) mass is 518 g/mol. The maximum atomic E-state index is 13.2. The summed E-state index contributed by atoms with van der Waals surface area (Å²) in [6.07, 6.45) is 1.25. The number of amides is 4. The molecule has 1 fully saturated rings. The van der Waals surface area contributed by atoms with Crippen LogP contribution in [0.2, 0.25) is 15.1 Å². The summed E-state index contributed by atoms with van der Waals surface area (Å²) < 4.78 is 19.0. The Hall–Kier alpha value is -3.39. The lowest BCUT2D eigenvalue weighted by Gasteiger charge is -2.26. The molecule has 1 heterocycles. The summed E-state index contributed by atoms with van der Waals surface area (Å²) in [4.78, 5) is 38.3. The molecule has 0 saturated carbocycles. The van der Waals surface area contributed by atoms with Crippen molar-refractivity contribution in [3.05, 3.63) is 98.2 Å². The molecule has 1 saturated heterocycles. The van der Waals surface area contributed by atoms with Crippen molar-refractivity contribution in [2.45, 2.75) is 6.61 Å². The van der Waals surface area contributed by atoms with Gasteiger partial charge in [-0.3, -0.25) is 14.9 Å². The van der Waals surface area contributed by atoms with Gasteiger partial charge in [0.2, 0.25) is 0 Å². The number of urea groups is 1. The molecule has 1 N–H and O–H groups in total. The number of imide groups is 2. The first-order valence-electron chi connectivity index (χ1n) is 9.77. The second kappa shape index (κ2) is 9.85. The molecule has 0 bridgehead atoms. The molecular weight excluding hydrogens is 506 g/mol. The summed E-state index contributed by atoms with van der Waals surface area (Å²) in [6.45, 7) is 0.120. The van der Waals surface area contributed by atoms with Gasteiger partial charge in [0, 0.05) is 10.6 Å². The quantitative estimate of drug-likeness (QED) is 0.330. The van der Waals surface area contributed by atoms with Crippen molar-refractivity contribution in [2.24, 2.45) is 0 Å². The largest absolute Gasteiger partial charge is 0.486 e. The van der Waals surface area contributed by atoms with Crippen LogP contribution in [0, 0.1) is 5.82 Å². The molecular formula is C24H14Cl3FN2O4. The fourth-order valence-electron chi connectivity index (χ4n) is 3.21. The van der Waals surface area contributed by atoms with Crippen LogP contribution in [0.15, 0.2) is 66.2 Å². The van der Waals surface area contributed by atoms with Gasteiger partial charge in [-0.2, -0.15) is 0 Å². The number of barbiturate groups is 1. The summed E-state index contributed by atoms with van der Waals surface area (Å²) >= 11 is 18.8. The minimum absolute atomic E-state index is 0.0988. The minimum atomic E-state index is -0.946. The van der Waals surface area contributed by atoms with Crippen LogP contribution in [0.1, 0.15) is 11.1 Å². The number of halogens is 4. The molecule has 10 heteroatoms. The van der Waals surface area contributed by atoms with Crippen molar-refractivity contribution >= 4 is 64.4 Å². The summed E-state index contributed by atoms with van der Waals surface area (Å²) in [7, 11) is 0. The molecule has 0 atom stereocenters. The summed E-state index contributed by atoms with van der Waals surface area (Å²) in [6, 6.07) is 13.8. The Bertz CT molecular complexity index is 1320. The van der Waals surface area contributed by atoms with E-state index in [9.17, 15) is 18.8 Å². The second-order valence-electron chi connectivity index (χ2n) is 7.13. The molecule has 0 aromatic heterocycles. The van der Waals surface area contributed by atoms with Crippen LogP contribution in [-0.4, -0.2) is 17.8 Å². The highest BCUT2D eigenvalue weighted by Gasteiger charge is 2.36. The average Bonchev–Trinajstić information content (AvgIpc) is 2.78. The zero-order chi connectivity index (χ0) is 24.4. The molecule has 0 spiro atoms. The molecule has 0 radical (unpaired) electrons. The van der Waals surface area contributed by atoms with Gasteiger partial charge >= 0.3 is 6.03 Å². The zero-order valence-electron chi connectivity index (χ0n) is 17.2. The third-order valence-electron chi connectivity index (χ3n) is 4.85. The van der Waals surface area contributed by atoms with Gasteiger partial charge in [0.05, 0.1) is 15.7 Å². The number of anilines is 1. The highest BCUT2D eigenvalue weighted by Crippen LogP contribution is 2.36. The Labute approximate surface area is 208 Å². The van der Waals surface area contributed by atoms with E-state index in [2.05, 4.69) is 5.32 Å². The third kappa shape index (κ3) is 4.92. The van der Waals surface area contributed by atoms with E-state index in [0.29, 0.717) is 10.6 Å². The Morgan fingerprint density at radius 1 is 0.912 bits per heavy atom. The fraction of sp³-hybridized carbons (Fsp3) is 0.0417. The highest BCUT2D eigenvalue weighted by molar-refractivity contribution is 6.40. The Kier molecular flexibility index (Phi) is 6.88. The number of carbonyl (C=O) groups excluding carboxylic acids is 3. The lowest BCUT2D eigenvalue weighted by Crippen LogP contribution is -2.54. The van der Waals surface area contributed by atoms with Gasteiger partial charge in [-0.1, -0.05) is 53.0 Å². The van der Waals surface area contributed by atoms with E-state index in [1.807, 2.05) is 6.07 Å². The standard InChI is InChI=1S/C24H14Cl3FN2O4/c25-18-4-2-1-3-14(18)12-34-21-19(26)10-13(11-20(21)27)9-17-22(31)29-24(33)30(23(17)32)16-7-5-15(28)6-8-16/h1-11H,12H2,(H,29,31,33). The van der Waals surface area contributed by atoms with E-state index in [0.717, 1.165) is 22.6 Å². The van der Waals surface area contributed by atoms with Crippen molar-refractivity contribution in [3.8, 4) is 5.75 Å². The molecule has 4 amide bonds. The molecule has 34 heavy (non-hydrogen) atoms. The number of carbonyl (C=O) groups is 3. The van der Waals surface area contributed by atoms with E-state index in [-0.39, 0.29) is 33.7 Å². The molecule has 3 aromatic rings. The van der Waals surface area contributed by atoms with Gasteiger partial charge in [0.1, 0.15) is 18.0 Å². The van der Waals surface area contributed by atoms with Crippen molar-refractivity contribution in [2.75, 3.05) is 4.90 Å². The number of nitrogens with zero attached hydrogens (tertiary/aromatic N) is 1. The lowest BCUT2D eigenvalue weighted by atomic mass is 10.1. The van der Waals surface area contributed by atoms with Crippen LogP contribution in [0.5, 0.6) is 5.75 Å². The van der Waals surface area contributed by atoms with Gasteiger partial charge in [-0.25, -0.2) is 14.1 Å². The van der Waals surface area contributed by atoms with Crippen LogP contribution in [-0.2, 0) is 16.2 Å². The molecule has 0 aliphatic carbocycles. The van der Waals surface area contributed by atoms with Gasteiger partial charge in [-0.05, 0) is 54.1 Å². The highest BCUT2D eigenvalue weighted by atomic mass is 35.5. The van der Waals surface area contributed by atoms with Crippen LogP contribution >= 0.6 is 34.8 Å². The Morgan fingerprint density at radius 3 is 2.21 bits per heavy atom. The molecule has 0 unspecified atom stereocenters. The molecule has 6 nitrogen and oxygen atoms in total. The zero-order valence-corrected chi connectivity index (χ0v) is 19.4. The first-order valence-corrected chi connectivity index (χ1v) is 10.9. The summed E-state index contributed by atoms with van der Waals surface area (Å²) in [5, 5.41) is 2.90. The predicted octanol–water partition coefficient (Wildman–Crippen LogP) is 6.03. The van der Waals surface area contributed by atoms with Crippen molar-refractivity contribution < 1.29 is 23.5 Å². The number of hydrogen-bond acceptors (Lipinski definition) is 4. The average molecular weight is 520 g/mol. The van der Waals surface area contributed by atoms with Crippen LogP contribution in [0.4, 0.5) is 14.9 Å². The fourth-order valence-corrected chi connectivity index (χ4v) is 4.02. The number of hydrogen-bond donors (Lipinski definition) is 1. The van der Waals surface area contributed by atoms with Gasteiger partial charge < -0.3 is 4.74 Å². The maximum Gasteiger partial charge on any atom is 0.335 e. The molecule has 3 aromatic carbocycles. The predicted molar refractivity (Wildman–Crippen MR) is 128 cm³/mol. The third-order valence-corrected chi connectivity index (χ3v) is 5.78. The van der Waals surface area contributed by atoms with Crippen molar-refractivity contribution in [1.82, 2.24) is 5.32 Å². The van der Waals surface area contributed by atoms with E-state index >= 15 is 0 Å². The SMILES string of the molecule is O=C1NC(=O)N(c2ccc(F)cc2)C(=O)C1=Cc1cc(Cl)c(OCc2ccccc2Cl)c(Cl)c1. The van der Waals surface area contributed by atoms with E-state index in [1.54, 1.807) is 18.2 Å². The molecule has 4 rings (SSSR count). The number of benzene rings is 3. The van der Waals surface area contributed by atoms with Crippen LogP contribution in [0.25, 0.3) is 6.08 Å². The lowest BCUT2D eigenvalue weighted by molar-refractivity contribution is -0.122. The Morgan fingerprint density at radius 2 is 1.56 bits per heavy atom. The first kappa shape index (κ1) is 23.8. The molecule has 1 aliphatic rings. The van der Waals surface area contributed by atoms with Gasteiger partial charge in [0.25, 0.3) is 11.8 Å². The first-order chi connectivity index (χ1) is 16.2. The van der Waals surface area contributed by atoms with E-state index in [4.69, 9.17) is 39.5 Å². The van der Waals surface area contributed by atoms with Crippen LogP contribution in [0.3, 0.4) is 0 Å². The van der Waals surface area contributed by atoms with E-state index in [1.165, 1.54) is 30.3 Å². The summed E-state index contributed by atoms with van der Waals surface area (Å²) in [5.41, 5.74) is 0.826. The van der Waals surface area contributed by atoms with Gasteiger partial charge in [0.15, 0.2) is 5.75 Å². The molecule has 1 aliphatic heterocycles. The number of rotatable bonds is 5. The van der Waals surface area contributed by atoms with Crippen molar-refractivity contribution in [1.29, 1.82) is 0 Å². The normalized spacial score (nSPS) is 15.0. The smallest absolute Gasteiger partial charge is 0.335 e. The minimum Gasteiger partial charge on any atom is -0.486 e. The molecule has 172 valence electrons. The number of nitrogens with one attached hydrogen (secondary N) is 1. The second-order valence-corrected chi connectivity index (χ2v) is 8.35. The summed E-state index contributed by atoms with van der Waals surface area (Å²) in [5.74, 6) is -2.11. The maximum absolute atomic E-state index is 13.2. The topological polar surface area (TPSA) is 75.7 Å². The number of ether oxygens (including phenoxy) is 1. The van der Waals surface area contributed by atoms with Crippen LogP contribution < -0.4 is 15.0 Å².